The van der Waals surface area contributed by atoms with Crippen LogP contribution in [-0.4, -0.2) is 16.4 Å². The van der Waals surface area contributed by atoms with Crippen molar-refractivity contribution in [2.45, 2.75) is 20.4 Å². The zero-order chi connectivity index (χ0) is 13.7. The van der Waals surface area contributed by atoms with Gasteiger partial charge in [-0.3, -0.25) is 4.68 Å². The summed E-state index contributed by atoms with van der Waals surface area (Å²) in [6.45, 7) is 5.83. The molecule has 0 bridgehead atoms. The molecule has 2 aromatic rings. The van der Waals surface area contributed by atoms with Crippen molar-refractivity contribution < 1.29 is 4.74 Å². The van der Waals surface area contributed by atoms with Crippen LogP contribution in [0.2, 0.25) is 0 Å². The van der Waals surface area contributed by atoms with Crippen molar-refractivity contribution in [3.8, 4) is 5.75 Å². The van der Waals surface area contributed by atoms with Crippen LogP contribution in [0.5, 0.6) is 5.75 Å². The molecule has 0 aliphatic heterocycles. The average Bonchev–Trinajstić information content (AvgIpc) is 2.81. The van der Waals surface area contributed by atoms with Crippen LogP contribution in [0.3, 0.4) is 0 Å². The summed E-state index contributed by atoms with van der Waals surface area (Å²) >= 11 is 0. The summed E-state index contributed by atoms with van der Waals surface area (Å²) < 4.78 is 7.48. The van der Waals surface area contributed by atoms with Crippen LogP contribution in [0.25, 0.3) is 0 Å². The molecule has 2 rings (SSSR count). The van der Waals surface area contributed by atoms with Gasteiger partial charge in [-0.15, -0.1) is 0 Å². The molecule has 0 radical (unpaired) electrons. The number of nitrogens with one attached hydrogen (secondary N) is 1. The number of ether oxygens (including phenoxy) is 1. The van der Waals surface area contributed by atoms with E-state index in [0.29, 0.717) is 5.92 Å². The SMILES string of the molecule is CC(C)COc1ccc(CNc2ccnn2C)cc1. The van der Waals surface area contributed by atoms with Gasteiger partial charge in [0.15, 0.2) is 0 Å². The highest BCUT2D eigenvalue weighted by molar-refractivity contribution is 5.36. The molecule has 0 amide bonds. The highest BCUT2D eigenvalue weighted by Crippen LogP contribution is 2.14. The fraction of sp³-hybridized carbons (Fsp3) is 0.400. The molecule has 0 saturated heterocycles. The van der Waals surface area contributed by atoms with Crippen LogP contribution >= 0.6 is 0 Å². The highest BCUT2D eigenvalue weighted by atomic mass is 16.5. The maximum absolute atomic E-state index is 5.66. The van der Waals surface area contributed by atoms with E-state index in [1.54, 1.807) is 6.20 Å². The number of aryl methyl sites for hydroxylation is 1. The van der Waals surface area contributed by atoms with Gasteiger partial charge in [0, 0.05) is 19.7 Å². The molecule has 0 saturated carbocycles. The third kappa shape index (κ3) is 4.02. The van der Waals surface area contributed by atoms with Crippen molar-refractivity contribution in [1.82, 2.24) is 9.78 Å². The molecular formula is C15H21N3O. The molecule has 0 fully saturated rings. The summed E-state index contributed by atoms with van der Waals surface area (Å²) in [7, 11) is 1.92. The minimum absolute atomic E-state index is 0.547. The highest BCUT2D eigenvalue weighted by Gasteiger charge is 2.00. The molecule has 1 aromatic carbocycles. The Morgan fingerprint density at radius 3 is 2.53 bits per heavy atom. The molecular weight excluding hydrogens is 238 g/mol. The van der Waals surface area contributed by atoms with Gasteiger partial charge in [0.25, 0.3) is 0 Å². The topological polar surface area (TPSA) is 39.1 Å². The first kappa shape index (κ1) is 13.5. The average molecular weight is 259 g/mol. The molecule has 19 heavy (non-hydrogen) atoms. The number of aromatic nitrogens is 2. The molecule has 0 aliphatic carbocycles. The Hall–Kier alpha value is -1.97. The third-order valence-electron chi connectivity index (χ3n) is 2.80. The summed E-state index contributed by atoms with van der Waals surface area (Å²) in [5.74, 6) is 2.49. The zero-order valence-electron chi connectivity index (χ0n) is 11.8. The maximum atomic E-state index is 5.66. The summed E-state index contributed by atoms with van der Waals surface area (Å²) in [6.07, 6.45) is 1.78. The van der Waals surface area contributed by atoms with Crippen molar-refractivity contribution in [1.29, 1.82) is 0 Å². The largest absolute Gasteiger partial charge is 0.493 e. The van der Waals surface area contributed by atoms with E-state index in [0.717, 1.165) is 24.7 Å². The van der Waals surface area contributed by atoms with E-state index in [9.17, 15) is 0 Å². The van der Waals surface area contributed by atoms with Crippen molar-refractivity contribution >= 4 is 5.82 Å². The lowest BCUT2D eigenvalue weighted by molar-refractivity contribution is 0.271. The fourth-order valence-electron chi connectivity index (χ4n) is 1.71. The van der Waals surface area contributed by atoms with Crippen LogP contribution in [0.4, 0.5) is 5.82 Å². The van der Waals surface area contributed by atoms with Gasteiger partial charge in [0.05, 0.1) is 12.8 Å². The zero-order valence-corrected chi connectivity index (χ0v) is 11.8. The van der Waals surface area contributed by atoms with Gasteiger partial charge in [0.1, 0.15) is 11.6 Å². The second kappa shape index (κ2) is 6.27. The minimum atomic E-state index is 0.547. The summed E-state index contributed by atoms with van der Waals surface area (Å²) in [4.78, 5) is 0. The van der Waals surface area contributed by atoms with Crippen LogP contribution in [-0.2, 0) is 13.6 Å². The van der Waals surface area contributed by atoms with E-state index in [1.807, 2.05) is 29.9 Å². The monoisotopic (exact) mass is 259 g/mol. The van der Waals surface area contributed by atoms with E-state index in [2.05, 4.69) is 36.4 Å². The van der Waals surface area contributed by atoms with Crippen LogP contribution < -0.4 is 10.1 Å². The summed E-state index contributed by atoms with van der Waals surface area (Å²) in [5.41, 5.74) is 1.22. The van der Waals surface area contributed by atoms with Gasteiger partial charge in [-0.2, -0.15) is 5.10 Å². The molecule has 0 aliphatic rings. The van der Waals surface area contributed by atoms with Gasteiger partial charge in [0.2, 0.25) is 0 Å². The van der Waals surface area contributed by atoms with Crippen molar-refractivity contribution in [3.05, 3.63) is 42.1 Å². The predicted octanol–water partition coefficient (Wildman–Crippen LogP) is 3.07. The summed E-state index contributed by atoms with van der Waals surface area (Å²) in [6, 6.07) is 10.2. The number of nitrogens with zero attached hydrogens (tertiary/aromatic N) is 2. The molecule has 0 spiro atoms. The van der Waals surface area contributed by atoms with Crippen LogP contribution in [0, 0.1) is 5.92 Å². The first-order chi connectivity index (χ1) is 9.15. The molecule has 1 N–H and O–H groups in total. The fourth-order valence-corrected chi connectivity index (χ4v) is 1.71. The Labute approximate surface area is 114 Å². The van der Waals surface area contributed by atoms with E-state index in [4.69, 9.17) is 4.74 Å². The van der Waals surface area contributed by atoms with E-state index in [-0.39, 0.29) is 0 Å². The normalized spacial score (nSPS) is 10.7. The number of anilines is 1. The number of benzene rings is 1. The predicted molar refractivity (Wildman–Crippen MR) is 77.3 cm³/mol. The Bertz CT molecular complexity index is 502. The number of rotatable bonds is 6. The van der Waals surface area contributed by atoms with E-state index < -0.39 is 0 Å². The van der Waals surface area contributed by atoms with Crippen molar-refractivity contribution in [2.24, 2.45) is 13.0 Å². The van der Waals surface area contributed by atoms with Gasteiger partial charge >= 0.3 is 0 Å². The second-order valence-electron chi connectivity index (χ2n) is 5.04. The maximum Gasteiger partial charge on any atom is 0.124 e. The number of hydrogen-bond acceptors (Lipinski definition) is 3. The first-order valence-corrected chi connectivity index (χ1v) is 6.59. The van der Waals surface area contributed by atoms with Gasteiger partial charge in [-0.1, -0.05) is 26.0 Å². The summed E-state index contributed by atoms with van der Waals surface area (Å²) in [5, 5.41) is 7.46. The molecule has 1 heterocycles. The lowest BCUT2D eigenvalue weighted by Gasteiger charge is -2.10. The van der Waals surface area contributed by atoms with Crippen molar-refractivity contribution in [2.75, 3.05) is 11.9 Å². The smallest absolute Gasteiger partial charge is 0.124 e. The van der Waals surface area contributed by atoms with Crippen LogP contribution in [0.15, 0.2) is 36.5 Å². The van der Waals surface area contributed by atoms with E-state index in [1.165, 1.54) is 5.56 Å². The Balaban J connectivity index is 1.86. The Morgan fingerprint density at radius 2 is 1.95 bits per heavy atom. The minimum Gasteiger partial charge on any atom is -0.493 e. The third-order valence-corrected chi connectivity index (χ3v) is 2.80. The number of hydrogen-bond donors (Lipinski definition) is 1. The first-order valence-electron chi connectivity index (χ1n) is 6.59. The molecule has 0 atom stereocenters. The lowest BCUT2D eigenvalue weighted by atomic mass is 10.2. The van der Waals surface area contributed by atoms with Crippen molar-refractivity contribution in [3.63, 3.8) is 0 Å². The van der Waals surface area contributed by atoms with Crippen LogP contribution in [0.1, 0.15) is 19.4 Å². The molecule has 1 aromatic heterocycles. The van der Waals surface area contributed by atoms with Gasteiger partial charge in [-0.25, -0.2) is 0 Å². The van der Waals surface area contributed by atoms with Gasteiger partial charge in [-0.05, 0) is 23.6 Å². The Kier molecular flexibility index (Phi) is 4.44. The molecule has 4 nitrogen and oxygen atoms in total. The quantitative estimate of drug-likeness (QED) is 0.866. The molecule has 0 unspecified atom stereocenters. The van der Waals surface area contributed by atoms with Gasteiger partial charge < -0.3 is 10.1 Å². The Morgan fingerprint density at radius 1 is 1.21 bits per heavy atom. The lowest BCUT2D eigenvalue weighted by Crippen LogP contribution is -2.06. The molecule has 102 valence electrons. The van der Waals surface area contributed by atoms with E-state index >= 15 is 0 Å². The molecule has 4 heteroatoms. The second-order valence-corrected chi connectivity index (χ2v) is 5.04. The standard InChI is InChI=1S/C15H21N3O/c1-12(2)11-19-14-6-4-13(5-7-14)10-16-15-8-9-17-18(15)3/h4-9,12,16H,10-11H2,1-3H3.